The van der Waals surface area contributed by atoms with Crippen LogP contribution >= 0.6 is 11.8 Å². The molecule has 1 saturated heterocycles. The van der Waals surface area contributed by atoms with Crippen molar-refractivity contribution in [3.63, 3.8) is 0 Å². The summed E-state index contributed by atoms with van der Waals surface area (Å²) in [6.45, 7) is 6.02. The van der Waals surface area contributed by atoms with Crippen LogP contribution in [0.15, 0.2) is 46.1 Å². The fourth-order valence-electron chi connectivity index (χ4n) is 5.96. The van der Waals surface area contributed by atoms with Crippen molar-refractivity contribution < 1.29 is 9.18 Å². The molecule has 0 radical (unpaired) electrons. The molecule has 5 rings (SSSR count). The molecule has 0 bridgehead atoms. The minimum absolute atomic E-state index is 0.0379. The third kappa shape index (κ3) is 5.62. The molecule has 1 aliphatic heterocycles. The average Bonchev–Trinajstić information content (AvgIpc) is 2.96. The van der Waals surface area contributed by atoms with Crippen molar-refractivity contribution >= 4 is 34.4 Å². The summed E-state index contributed by atoms with van der Waals surface area (Å²) in [5.74, 6) is 1.16. The van der Waals surface area contributed by atoms with Crippen LogP contribution in [0.2, 0.25) is 0 Å². The molecule has 208 valence electrons. The van der Waals surface area contributed by atoms with Gasteiger partial charge < -0.3 is 10.2 Å². The highest BCUT2D eigenvalue weighted by Crippen LogP contribution is 2.30. The summed E-state index contributed by atoms with van der Waals surface area (Å²) in [4.78, 5) is 46.5. The number of anilines is 1. The summed E-state index contributed by atoms with van der Waals surface area (Å²) in [6.07, 6.45) is 5.16. The SMILES string of the molecule is CCN(CC)c1ccc(C(=O)NC2CCC(n3c(=O)c4cc(F)cnc4n(C4CCSCC4)c3=O)CC2)cc1. The Bertz CT molecular complexity index is 1440. The number of benzene rings is 1. The molecule has 8 nitrogen and oxygen atoms in total. The number of rotatable bonds is 7. The van der Waals surface area contributed by atoms with Crippen LogP contribution in [0.5, 0.6) is 0 Å². The second kappa shape index (κ2) is 11.9. The Morgan fingerprint density at radius 3 is 2.28 bits per heavy atom. The van der Waals surface area contributed by atoms with Gasteiger partial charge in [0.25, 0.3) is 11.5 Å². The third-order valence-corrected chi connectivity index (χ3v) is 9.18. The van der Waals surface area contributed by atoms with Gasteiger partial charge in [0.15, 0.2) is 0 Å². The lowest BCUT2D eigenvalue weighted by molar-refractivity contribution is 0.0922. The molecule has 1 saturated carbocycles. The summed E-state index contributed by atoms with van der Waals surface area (Å²) in [7, 11) is 0. The summed E-state index contributed by atoms with van der Waals surface area (Å²) in [6, 6.07) is 8.44. The molecule has 1 aliphatic carbocycles. The van der Waals surface area contributed by atoms with E-state index in [-0.39, 0.29) is 40.8 Å². The standard InChI is InChI=1S/C29H36FN5O3S/c1-3-33(4-2)22-9-5-19(6-10-22)27(36)32-21-7-11-23(12-8-21)35-28(37)25-17-20(30)18-31-26(25)34(29(35)38)24-13-15-39-16-14-24/h5-6,9-10,17-18,21,23-24H,3-4,7-8,11-16H2,1-2H3,(H,32,36). The van der Waals surface area contributed by atoms with Crippen LogP contribution < -0.4 is 21.5 Å². The van der Waals surface area contributed by atoms with Crippen LogP contribution in [-0.2, 0) is 0 Å². The molecule has 0 spiro atoms. The average molecular weight is 554 g/mol. The van der Waals surface area contributed by atoms with Crippen molar-refractivity contribution in [2.24, 2.45) is 0 Å². The number of amides is 1. The Morgan fingerprint density at radius 2 is 1.64 bits per heavy atom. The van der Waals surface area contributed by atoms with Crippen LogP contribution in [0.4, 0.5) is 10.1 Å². The van der Waals surface area contributed by atoms with Gasteiger partial charge in [-0.3, -0.25) is 18.7 Å². The van der Waals surface area contributed by atoms with Crippen LogP contribution in [0.1, 0.15) is 74.8 Å². The van der Waals surface area contributed by atoms with Crippen molar-refractivity contribution in [1.29, 1.82) is 0 Å². The van der Waals surface area contributed by atoms with Crippen LogP contribution in [0.3, 0.4) is 0 Å². The van der Waals surface area contributed by atoms with E-state index < -0.39 is 11.4 Å². The van der Waals surface area contributed by atoms with Crippen molar-refractivity contribution in [3.8, 4) is 0 Å². The maximum atomic E-state index is 14.1. The number of thioether (sulfide) groups is 1. The first-order chi connectivity index (χ1) is 18.9. The highest BCUT2D eigenvalue weighted by Gasteiger charge is 2.29. The number of nitrogens with one attached hydrogen (secondary N) is 1. The topological polar surface area (TPSA) is 89.2 Å². The van der Waals surface area contributed by atoms with E-state index in [9.17, 15) is 18.8 Å². The lowest BCUT2D eigenvalue weighted by atomic mass is 9.90. The number of carbonyl (C=O) groups is 1. The van der Waals surface area contributed by atoms with Crippen LogP contribution in [-0.4, -0.2) is 50.7 Å². The van der Waals surface area contributed by atoms with E-state index in [1.807, 2.05) is 36.0 Å². The first kappa shape index (κ1) is 27.4. The first-order valence-corrected chi connectivity index (χ1v) is 15.1. The highest BCUT2D eigenvalue weighted by molar-refractivity contribution is 7.99. The summed E-state index contributed by atoms with van der Waals surface area (Å²) >= 11 is 1.85. The van der Waals surface area contributed by atoms with Gasteiger partial charge in [0.05, 0.1) is 11.6 Å². The van der Waals surface area contributed by atoms with E-state index >= 15 is 0 Å². The number of aromatic nitrogens is 3. The number of carbonyl (C=O) groups excluding carboxylic acids is 1. The fraction of sp³-hybridized carbons (Fsp3) is 0.517. The second-order valence-corrected chi connectivity index (χ2v) is 11.6. The number of hydrogen-bond donors (Lipinski definition) is 1. The van der Waals surface area contributed by atoms with Gasteiger partial charge in [0, 0.05) is 42.5 Å². The Hall–Kier alpha value is -3.14. The normalized spacial score (nSPS) is 20.2. The van der Waals surface area contributed by atoms with E-state index in [1.165, 1.54) is 10.6 Å². The van der Waals surface area contributed by atoms with Crippen molar-refractivity contribution in [3.05, 3.63) is 68.7 Å². The second-order valence-electron chi connectivity index (χ2n) is 10.4. The quantitative estimate of drug-likeness (QED) is 0.463. The zero-order valence-electron chi connectivity index (χ0n) is 22.6. The predicted octanol–water partition coefficient (Wildman–Crippen LogP) is 4.53. The van der Waals surface area contributed by atoms with Crippen molar-refractivity contribution in [1.82, 2.24) is 19.4 Å². The molecular weight excluding hydrogens is 517 g/mol. The monoisotopic (exact) mass is 553 g/mol. The molecule has 2 fully saturated rings. The molecule has 1 aromatic carbocycles. The van der Waals surface area contributed by atoms with E-state index in [0.717, 1.165) is 49.3 Å². The minimum Gasteiger partial charge on any atom is -0.372 e. The van der Waals surface area contributed by atoms with Gasteiger partial charge in [-0.25, -0.2) is 14.2 Å². The molecule has 39 heavy (non-hydrogen) atoms. The van der Waals surface area contributed by atoms with Gasteiger partial charge >= 0.3 is 5.69 Å². The summed E-state index contributed by atoms with van der Waals surface area (Å²) in [5.41, 5.74) is 1.13. The van der Waals surface area contributed by atoms with Crippen molar-refractivity contribution in [2.75, 3.05) is 29.5 Å². The van der Waals surface area contributed by atoms with Crippen LogP contribution in [0, 0.1) is 5.82 Å². The number of hydrogen-bond acceptors (Lipinski definition) is 6. The molecule has 1 N–H and O–H groups in total. The Balaban J connectivity index is 1.33. The number of nitrogens with zero attached hydrogens (tertiary/aromatic N) is 4. The number of halogens is 1. The molecule has 3 aromatic rings. The Morgan fingerprint density at radius 1 is 1.00 bits per heavy atom. The van der Waals surface area contributed by atoms with E-state index in [0.29, 0.717) is 31.2 Å². The lowest BCUT2D eigenvalue weighted by Crippen LogP contribution is -2.46. The van der Waals surface area contributed by atoms with Gasteiger partial charge in [0.1, 0.15) is 11.5 Å². The van der Waals surface area contributed by atoms with Crippen LogP contribution in [0.25, 0.3) is 11.0 Å². The van der Waals surface area contributed by atoms with Gasteiger partial charge in [0.2, 0.25) is 0 Å². The van der Waals surface area contributed by atoms with E-state index in [4.69, 9.17) is 0 Å². The molecule has 0 atom stereocenters. The molecular formula is C29H36FN5O3S. The largest absolute Gasteiger partial charge is 0.372 e. The van der Waals surface area contributed by atoms with Crippen molar-refractivity contribution in [2.45, 2.75) is 70.5 Å². The molecule has 2 aromatic heterocycles. The fourth-order valence-corrected chi connectivity index (χ4v) is 7.04. The third-order valence-electron chi connectivity index (χ3n) is 8.13. The highest BCUT2D eigenvalue weighted by atomic mass is 32.2. The zero-order valence-corrected chi connectivity index (χ0v) is 23.4. The van der Waals surface area contributed by atoms with E-state index in [2.05, 4.69) is 29.0 Å². The van der Waals surface area contributed by atoms with Gasteiger partial charge in [-0.05, 0) is 94.2 Å². The summed E-state index contributed by atoms with van der Waals surface area (Å²) in [5, 5.41) is 3.28. The van der Waals surface area contributed by atoms with Gasteiger partial charge in [-0.1, -0.05) is 0 Å². The summed E-state index contributed by atoms with van der Waals surface area (Å²) < 4.78 is 17.1. The van der Waals surface area contributed by atoms with Gasteiger partial charge in [-0.15, -0.1) is 0 Å². The van der Waals surface area contributed by atoms with Gasteiger partial charge in [-0.2, -0.15) is 11.8 Å². The Labute approximate surface area is 231 Å². The first-order valence-electron chi connectivity index (χ1n) is 14.0. The molecule has 10 heteroatoms. The van der Waals surface area contributed by atoms with E-state index in [1.54, 1.807) is 4.57 Å². The molecule has 3 heterocycles. The predicted molar refractivity (Wildman–Crippen MR) is 155 cm³/mol. The lowest BCUT2D eigenvalue weighted by Gasteiger charge is -2.31. The maximum absolute atomic E-state index is 14.1. The smallest absolute Gasteiger partial charge is 0.333 e. The minimum atomic E-state index is -0.591. The maximum Gasteiger partial charge on any atom is 0.333 e. The molecule has 1 amide bonds. The number of fused-ring (bicyclic) bond motifs is 1. The Kier molecular flexibility index (Phi) is 8.40. The molecule has 0 unspecified atom stereocenters. The zero-order chi connectivity index (χ0) is 27.5. The number of pyridine rings is 1. The molecule has 2 aliphatic rings.